The highest BCUT2D eigenvalue weighted by atomic mass is 16.5. The van der Waals surface area contributed by atoms with Crippen LogP contribution in [0.5, 0.6) is 0 Å². The Hall–Kier alpha value is -3.35. The van der Waals surface area contributed by atoms with E-state index in [0.717, 1.165) is 11.1 Å². The van der Waals surface area contributed by atoms with Gasteiger partial charge in [-0.1, -0.05) is 55.5 Å². The van der Waals surface area contributed by atoms with Gasteiger partial charge in [0.1, 0.15) is 6.61 Å². The smallest absolute Gasteiger partial charge is 0.407 e. The van der Waals surface area contributed by atoms with Gasteiger partial charge < -0.3 is 20.1 Å². The predicted molar refractivity (Wildman–Crippen MR) is 119 cm³/mol. The summed E-state index contributed by atoms with van der Waals surface area (Å²) in [6.07, 6.45) is 0.632. The number of carboxylic acids is 1. The van der Waals surface area contributed by atoms with Crippen molar-refractivity contribution in [1.29, 1.82) is 0 Å². The van der Waals surface area contributed by atoms with Gasteiger partial charge in [-0.15, -0.1) is 0 Å². The van der Waals surface area contributed by atoms with Crippen molar-refractivity contribution in [1.82, 2.24) is 10.2 Å². The van der Waals surface area contributed by atoms with Gasteiger partial charge in [0, 0.05) is 31.5 Å². The Kier molecular flexibility index (Phi) is 6.44. The average molecular weight is 437 g/mol. The standard InChI is InChI=1S/C25H28N2O5/c1-2-17(13-23(28)27-12-11-16(14-27)24(29)30)26-25(31)32-15-22-20-9-5-3-7-18(20)19-8-4-6-10-21(19)22/h3-10,16-17,22H,2,11-15H2,1H3,(H,26,31)(H,29,30)/t16?,17-/m1/s1. The van der Waals surface area contributed by atoms with Crippen LogP contribution < -0.4 is 5.32 Å². The van der Waals surface area contributed by atoms with Crippen LogP contribution in [0.25, 0.3) is 11.1 Å². The zero-order valence-corrected chi connectivity index (χ0v) is 18.1. The number of rotatable bonds is 7. The molecular weight excluding hydrogens is 408 g/mol. The summed E-state index contributed by atoms with van der Waals surface area (Å²) < 4.78 is 5.57. The van der Waals surface area contributed by atoms with E-state index in [1.165, 1.54) is 11.1 Å². The van der Waals surface area contributed by atoms with Crippen molar-refractivity contribution in [2.24, 2.45) is 5.92 Å². The quantitative estimate of drug-likeness (QED) is 0.691. The molecule has 1 saturated heterocycles. The van der Waals surface area contributed by atoms with E-state index in [2.05, 4.69) is 29.6 Å². The molecule has 7 heteroatoms. The first-order chi connectivity index (χ1) is 15.5. The van der Waals surface area contributed by atoms with Crippen molar-refractivity contribution < 1.29 is 24.2 Å². The number of nitrogens with one attached hydrogen (secondary N) is 1. The first kappa shape index (κ1) is 21.9. The number of hydrogen-bond donors (Lipinski definition) is 2. The maximum Gasteiger partial charge on any atom is 0.407 e. The van der Waals surface area contributed by atoms with Gasteiger partial charge in [-0.05, 0) is 35.1 Å². The average Bonchev–Trinajstić information content (AvgIpc) is 3.41. The molecule has 1 aliphatic carbocycles. The van der Waals surface area contributed by atoms with Gasteiger partial charge in [0.15, 0.2) is 0 Å². The van der Waals surface area contributed by atoms with Crippen LogP contribution in [0.2, 0.25) is 0 Å². The molecule has 2 aromatic carbocycles. The molecule has 2 aromatic rings. The zero-order chi connectivity index (χ0) is 22.7. The summed E-state index contributed by atoms with van der Waals surface area (Å²) in [7, 11) is 0. The fourth-order valence-electron chi connectivity index (χ4n) is 4.63. The van der Waals surface area contributed by atoms with E-state index in [1.54, 1.807) is 4.90 Å². The Morgan fingerprint density at radius 3 is 2.28 bits per heavy atom. The van der Waals surface area contributed by atoms with Crippen LogP contribution in [0.15, 0.2) is 48.5 Å². The van der Waals surface area contributed by atoms with E-state index in [9.17, 15) is 14.4 Å². The van der Waals surface area contributed by atoms with Crippen LogP contribution in [0.3, 0.4) is 0 Å². The Bertz CT molecular complexity index is 975. The minimum atomic E-state index is -0.871. The third-order valence-corrected chi connectivity index (χ3v) is 6.47. The molecule has 0 bridgehead atoms. The van der Waals surface area contributed by atoms with Crippen LogP contribution >= 0.6 is 0 Å². The second kappa shape index (κ2) is 9.42. The van der Waals surface area contributed by atoms with E-state index >= 15 is 0 Å². The van der Waals surface area contributed by atoms with Gasteiger partial charge in [-0.3, -0.25) is 9.59 Å². The lowest BCUT2D eigenvalue weighted by Crippen LogP contribution is -2.40. The lowest BCUT2D eigenvalue weighted by Gasteiger charge is -2.22. The number of aliphatic carboxylic acids is 1. The number of amides is 2. The minimum absolute atomic E-state index is 0.0209. The minimum Gasteiger partial charge on any atom is -0.481 e. The highest BCUT2D eigenvalue weighted by Crippen LogP contribution is 2.44. The number of alkyl carbamates (subject to hydrolysis) is 1. The molecule has 0 saturated carbocycles. The van der Waals surface area contributed by atoms with Crippen molar-refractivity contribution in [3.05, 3.63) is 59.7 Å². The van der Waals surface area contributed by atoms with Crippen molar-refractivity contribution >= 4 is 18.0 Å². The lowest BCUT2D eigenvalue weighted by atomic mass is 9.98. The summed E-state index contributed by atoms with van der Waals surface area (Å²) in [6.45, 7) is 2.79. The number of carbonyl (C=O) groups is 3. The van der Waals surface area contributed by atoms with Gasteiger partial charge in [0.25, 0.3) is 0 Å². The number of nitrogens with zero attached hydrogens (tertiary/aromatic N) is 1. The molecule has 1 aliphatic heterocycles. The monoisotopic (exact) mass is 436 g/mol. The topological polar surface area (TPSA) is 95.9 Å². The Morgan fingerprint density at radius 1 is 1.09 bits per heavy atom. The summed E-state index contributed by atoms with van der Waals surface area (Å²) in [6, 6.07) is 15.9. The van der Waals surface area contributed by atoms with E-state index in [-0.39, 0.29) is 37.4 Å². The van der Waals surface area contributed by atoms with Crippen molar-refractivity contribution in [3.63, 3.8) is 0 Å². The molecule has 4 rings (SSSR count). The van der Waals surface area contributed by atoms with Crippen LogP contribution in [-0.2, 0) is 14.3 Å². The van der Waals surface area contributed by atoms with E-state index in [0.29, 0.717) is 19.4 Å². The van der Waals surface area contributed by atoms with E-state index < -0.39 is 18.0 Å². The molecule has 7 nitrogen and oxygen atoms in total. The van der Waals surface area contributed by atoms with Gasteiger partial charge in [-0.2, -0.15) is 0 Å². The SMILES string of the molecule is CC[C@H](CC(=O)N1CCC(C(=O)O)C1)NC(=O)OCC1c2ccccc2-c2ccccc21. The number of carbonyl (C=O) groups excluding carboxylic acids is 2. The van der Waals surface area contributed by atoms with Crippen molar-refractivity contribution in [2.45, 2.75) is 38.1 Å². The lowest BCUT2D eigenvalue weighted by molar-refractivity contribution is -0.141. The molecule has 168 valence electrons. The molecule has 0 radical (unpaired) electrons. The highest BCUT2D eigenvalue weighted by Gasteiger charge is 2.32. The molecule has 2 atom stereocenters. The van der Waals surface area contributed by atoms with Crippen LogP contribution in [0.4, 0.5) is 4.79 Å². The number of benzene rings is 2. The normalized spacial score (nSPS) is 18.0. The van der Waals surface area contributed by atoms with Gasteiger partial charge >= 0.3 is 12.1 Å². The zero-order valence-electron chi connectivity index (χ0n) is 18.1. The summed E-state index contributed by atoms with van der Waals surface area (Å²) in [5.74, 6) is -1.54. The van der Waals surface area contributed by atoms with Crippen LogP contribution in [0.1, 0.15) is 43.2 Å². The number of hydrogen-bond acceptors (Lipinski definition) is 4. The van der Waals surface area contributed by atoms with E-state index in [4.69, 9.17) is 9.84 Å². The molecule has 0 spiro atoms. The number of carboxylic acid groups (broad SMARTS) is 1. The van der Waals surface area contributed by atoms with Gasteiger partial charge in [0.05, 0.1) is 5.92 Å². The third kappa shape index (κ3) is 4.47. The van der Waals surface area contributed by atoms with Crippen molar-refractivity contribution in [3.8, 4) is 11.1 Å². The fraction of sp³-hybridized carbons (Fsp3) is 0.400. The molecule has 32 heavy (non-hydrogen) atoms. The van der Waals surface area contributed by atoms with Crippen molar-refractivity contribution in [2.75, 3.05) is 19.7 Å². The largest absolute Gasteiger partial charge is 0.481 e. The third-order valence-electron chi connectivity index (χ3n) is 6.47. The Morgan fingerprint density at radius 2 is 1.72 bits per heavy atom. The summed E-state index contributed by atoms with van der Waals surface area (Å²) in [5, 5.41) is 11.9. The number of ether oxygens (including phenoxy) is 1. The molecule has 2 aliphatic rings. The Balaban J connectivity index is 1.32. The second-order valence-corrected chi connectivity index (χ2v) is 8.44. The molecule has 1 unspecified atom stereocenters. The summed E-state index contributed by atoms with van der Waals surface area (Å²) >= 11 is 0. The van der Waals surface area contributed by atoms with Gasteiger partial charge in [0.2, 0.25) is 5.91 Å². The molecule has 1 fully saturated rings. The van der Waals surface area contributed by atoms with Gasteiger partial charge in [-0.25, -0.2) is 4.79 Å². The number of fused-ring (bicyclic) bond motifs is 3. The molecule has 0 aromatic heterocycles. The number of likely N-dealkylation sites (tertiary alicyclic amines) is 1. The maximum absolute atomic E-state index is 12.5. The molecular formula is C25H28N2O5. The molecule has 1 heterocycles. The maximum atomic E-state index is 12.5. The first-order valence-electron chi connectivity index (χ1n) is 11.1. The summed E-state index contributed by atoms with van der Waals surface area (Å²) in [5.41, 5.74) is 4.62. The second-order valence-electron chi connectivity index (χ2n) is 8.44. The molecule has 2 N–H and O–H groups in total. The van der Waals surface area contributed by atoms with E-state index in [1.807, 2.05) is 31.2 Å². The van der Waals surface area contributed by atoms with Crippen LogP contribution in [0, 0.1) is 5.92 Å². The van der Waals surface area contributed by atoms with Crippen LogP contribution in [-0.4, -0.2) is 53.7 Å². The fourth-order valence-corrected chi connectivity index (χ4v) is 4.63. The predicted octanol–water partition coefficient (Wildman–Crippen LogP) is 3.63. The summed E-state index contributed by atoms with van der Waals surface area (Å²) in [4.78, 5) is 37.7. The first-order valence-corrected chi connectivity index (χ1v) is 11.1. The Labute approximate surface area is 187 Å². The highest BCUT2D eigenvalue weighted by molar-refractivity contribution is 5.80. The molecule has 2 amide bonds.